The number of allylic oxidation sites excluding steroid dienone is 3. The van der Waals surface area contributed by atoms with Gasteiger partial charge >= 0.3 is 0 Å². The summed E-state index contributed by atoms with van der Waals surface area (Å²) in [4.78, 5) is 1.02. The molecule has 0 aromatic heterocycles. The van der Waals surface area contributed by atoms with Crippen molar-refractivity contribution < 1.29 is 0 Å². The van der Waals surface area contributed by atoms with E-state index in [2.05, 4.69) is 84.7 Å². The van der Waals surface area contributed by atoms with Crippen LogP contribution in [0.25, 0.3) is 0 Å². The van der Waals surface area contributed by atoms with E-state index >= 15 is 0 Å². The Bertz CT molecular complexity index is 688. The third kappa shape index (κ3) is 5.26. The molecule has 1 aromatic rings. The van der Waals surface area contributed by atoms with Crippen LogP contribution < -0.4 is 0 Å². The second-order valence-electron chi connectivity index (χ2n) is 7.51. The molecule has 130 valence electrons. The minimum absolute atomic E-state index is 0.0864. The van der Waals surface area contributed by atoms with Gasteiger partial charge in [0, 0.05) is 10.8 Å². The van der Waals surface area contributed by atoms with E-state index in [1.807, 2.05) is 0 Å². The molecule has 1 unspecified atom stereocenters. The van der Waals surface area contributed by atoms with Crippen molar-refractivity contribution in [3.8, 4) is 0 Å². The van der Waals surface area contributed by atoms with Crippen LogP contribution in [0.4, 0.5) is 0 Å². The van der Waals surface area contributed by atoms with Crippen LogP contribution in [0.5, 0.6) is 0 Å². The number of hydrogen-bond donors (Lipinski definition) is 2. The van der Waals surface area contributed by atoms with E-state index in [0.717, 1.165) is 23.3 Å². The van der Waals surface area contributed by atoms with Crippen LogP contribution in [0.1, 0.15) is 64.5 Å². The number of benzene rings is 1. The normalized spacial score (nSPS) is 13.8. The quantitative estimate of drug-likeness (QED) is 0.233. The summed E-state index contributed by atoms with van der Waals surface area (Å²) in [6, 6.07) is 6.45. The lowest BCUT2D eigenvalue weighted by molar-refractivity contribution is 0.380. The molecule has 1 rings (SSSR count). The van der Waals surface area contributed by atoms with Crippen molar-refractivity contribution in [1.29, 1.82) is 5.41 Å². The Balaban J connectivity index is 3.34. The zero-order valence-electron chi connectivity index (χ0n) is 16.0. The van der Waals surface area contributed by atoms with E-state index in [1.54, 1.807) is 0 Å². The van der Waals surface area contributed by atoms with Gasteiger partial charge < -0.3 is 5.41 Å². The molecule has 0 fully saturated rings. The lowest BCUT2D eigenvalue weighted by Crippen LogP contribution is -2.14. The van der Waals surface area contributed by atoms with Crippen LogP contribution in [0.3, 0.4) is 0 Å². The molecule has 1 atom stereocenters. The fourth-order valence-electron chi connectivity index (χ4n) is 3.39. The van der Waals surface area contributed by atoms with Gasteiger partial charge in [-0.2, -0.15) is 0 Å². The Labute approximate surface area is 153 Å². The fourth-order valence-corrected chi connectivity index (χ4v) is 3.52. The molecule has 0 aliphatic rings. The molecule has 0 radical (unpaired) electrons. The van der Waals surface area contributed by atoms with Gasteiger partial charge in [-0.25, -0.2) is 0 Å². The van der Waals surface area contributed by atoms with Gasteiger partial charge in [0.1, 0.15) is 0 Å². The third-order valence-electron chi connectivity index (χ3n) is 4.68. The van der Waals surface area contributed by atoms with Crippen molar-refractivity contribution in [2.75, 3.05) is 0 Å². The predicted molar refractivity (Wildman–Crippen MR) is 110 cm³/mol. The van der Waals surface area contributed by atoms with Gasteiger partial charge in [0.15, 0.2) is 0 Å². The average molecular weight is 342 g/mol. The maximum absolute atomic E-state index is 7.42. The number of rotatable bonds is 7. The highest BCUT2D eigenvalue weighted by Gasteiger charge is 2.22. The Morgan fingerprint density at radius 3 is 2.50 bits per heavy atom. The summed E-state index contributed by atoms with van der Waals surface area (Å²) in [5.41, 5.74) is 9.45. The minimum Gasteiger partial charge on any atom is -0.313 e. The summed E-state index contributed by atoms with van der Waals surface area (Å²) in [6.07, 6.45) is 3.27. The van der Waals surface area contributed by atoms with Crippen molar-refractivity contribution in [3.63, 3.8) is 0 Å². The molecule has 1 N–H and O–H groups in total. The Morgan fingerprint density at radius 1 is 1.38 bits per heavy atom. The molecule has 0 spiro atoms. The largest absolute Gasteiger partial charge is 0.313 e. The van der Waals surface area contributed by atoms with Gasteiger partial charge in [0.2, 0.25) is 0 Å². The van der Waals surface area contributed by atoms with E-state index in [9.17, 15) is 0 Å². The first kappa shape index (κ1) is 20.5. The first-order valence-electron chi connectivity index (χ1n) is 8.48. The van der Waals surface area contributed by atoms with Gasteiger partial charge in [-0.1, -0.05) is 45.1 Å². The molecule has 0 heterocycles. The topological polar surface area (TPSA) is 23.9 Å². The van der Waals surface area contributed by atoms with Crippen molar-refractivity contribution in [1.82, 2.24) is 0 Å². The highest BCUT2D eigenvalue weighted by atomic mass is 32.1. The monoisotopic (exact) mass is 341 g/mol. The summed E-state index contributed by atoms with van der Waals surface area (Å²) in [5, 5.41) is 7.42. The van der Waals surface area contributed by atoms with Crippen molar-refractivity contribution in [2.24, 2.45) is 5.41 Å². The number of thiol groups is 1. The predicted octanol–water partition coefficient (Wildman–Crippen LogP) is 6.89. The highest BCUT2D eigenvalue weighted by molar-refractivity contribution is 7.80. The zero-order valence-corrected chi connectivity index (χ0v) is 16.8. The number of hydrogen-bond acceptors (Lipinski definition) is 2. The lowest BCUT2D eigenvalue weighted by Gasteiger charge is -2.27. The maximum atomic E-state index is 7.42. The summed E-state index contributed by atoms with van der Waals surface area (Å²) >= 11 is 4.48. The molecule has 0 amide bonds. The van der Waals surface area contributed by atoms with E-state index in [4.69, 9.17) is 5.41 Å². The van der Waals surface area contributed by atoms with Crippen LogP contribution >= 0.6 is 12.6 Å². The maximum Gasteiger partial charge on any atom is 0.00694 e. The number of aryl methyl sites for hydroxylation is 1. The van der Waals surface area contributed by atoms with Crippen LogP contribution in [0, 0.1) is 17.7 Å². The average Bonchev–Trinajstić information content (AvgIpc) is 2.49. The Hall–Kier alpha value is -1.50. The van der Waals surface area contributed by atoms with Gasteiger partial charge in [0.05, 0.1) is 0 Å². The summed E-state index contributed by atoms with van der Waals surface area (Å²) in [6.45, 7) is 16.9. The lowest BCUT2D eigenvalue weighted by atomic mass is 9.78. The SMILES string of the molecule is C=C=C(C)/C(=C(/C)CC(C)(C)CC=N)C(C)c1ccc(S)c(C)c1. The van der Waals surface area contributed by atoms with Crippen molar-refractivity contribution >= 4 is 18.8 Å². The first-order valence-corrected chi connectivity index (χ1v) is 8.92. The summed E-state index contributed by atoms with van der Waals surface area (Å²) in [5.74, 6) is 0.280. The molecule has 0 saturated heterocycles. The van der Waals surface area contributed by atoms with Crippen LogP contribution in [-0.2, 0) is 0 Å². The van der Waals surface area contributed by atoms with E-state index in [1.165, 1.54) is 28.5 Å². The second kappa shape index (κ2) is 8.55. The Morgan fingerprint density at radius 2 is 2.00 bits per heavy atom. The molecule has 2 heteroatoms. The van der Waals surface area contributed by atoms with Gasteiger partial charge in [-0.3, -0.25) is 0 Å². The standard InChI is InChI=1S/C22H31NS/c1-8-15(2)21(17(4)14-22(6,7)11-12-23)18(5)19-9-10-20(24)16(3)13-19/h9-10,12-13,18,23-24H,1,11,14H2,2-7H3/b21-17+,23-12?. The smallest absolute Gasteiger partial charge is 0.00694 e. The first-order chi connectivity index (χ1) is 11.1. The van der Waals surface area contributed by atoms with Crippen molar-refractivity contribution in [2.45, 2.75) is 65.2 Å². The van der Waals surface area contributed by atoms with Crippen molar-refractivity contribution in [3.05, 3.63) is 58.4 Å². The van der Waals surface area contributed by atoms with Gasteiger partial charge in [-0.05, 0) is 73.6 Å². The fraction of sp³-hybridized carbons (Fsp3) is 0.455. The molecule has 1 aromatic carbocycles. The molecular weight excluding hydrogens is 310 g/mol. The third-order valence-corrected chi connectivity index (χ3v) is 5.18. The molecular formula is C22H31NS. The summed E-state index contributed by atoms with van der Waals surface area (Å²) < 4.78 is 0. The van der Waals surface area contributed by atoms with E-state index < -0.39 is 0 Å². The molecule has 1 nitrogen and oxygen atoms in total. The Kier molecular flexibility index (Phi) is 7.32. The molecule has 0 aliphatic carbocycles. The molecule has 0 aliphatic heterocycles. The zero-order chi connectivity index (χ0) is 18.5. The summed E-state index contributed by atoms with van der Waals surface area (Å²) in [7, 11) is 0. The minimum atomic E-state index is 0.0864. The van der Waals surface area contributed by atoms with Gasteiger partial charge in [-0.15, -0.1) is 18.4 Å². The molecule has 24 heavy (non-hydrogen) atoms. The van der Waals surface area contributed by atoms with Crippen LogP contribution in [-0.4, -0.2) is 6.21 Å². The highest BCUT2D eigenvalue weighted by Crippen LogP contribution is 2.37. The second-order valence-corrected chi connectivity index (χ2v) is 7.99. The van der Waals surface area contributed by atoms with E-state index in [0.29, 0.717) is 0 Å². The number of nitrogens with one attached hydrogen (secondary N) is 1. The van der Waals surface area contributed by atoms with Crippen LogP contribution in [0.15, 0.2) is 52.1 Å². The van der Waals surface area contributed by atoms with Gasteiger partial charge in [0.25, 0.3) is 0 Å². The van der Waals surface area contributed by atoms with E-state index in [-0.39, 0.29) is 11.3 Å². The van der Waals surface area contributed by atoms with Crippen LogP contribution in [0.2, 0.25) is 0 Å². The molecule has 0 saturated carbocycles. The molecule has 0 bridgehead atoms.